The summed E-state index contributed by atoms with van der Waals surface area (Å²) < 4.78 is 0. The lowest BCUT2D eigenvalue weighted by Gasteiger charge is -2.35. The monoisotopic (exact) mass is 234 g/mol. The van der Waals surface area contributed by atoms with Crippen LogP contribution in [-0.4, -0.2) is 36.8 Å². The number of nitrogens with zero attached hydrogens (tertiary/aromatic N) is 1. The van der Waals surface area contributed by atoms with Crippen molar-refractivity contribution in [3.63, 3.8) is 0 Å². The molecule has 0 radical (unpaired) electrons. The smallest absolute Gasteiger partial charge is 0.245 e. The Morgan fingerprint density at radius 2 is 2.12 bits per heavy atom. The SMILES string of the molecule is CCc1ccc(N2CCNC(=O)C2CO)cc1. The maximum atomic E-state index is 11.6. The number of hydrogen-bond acceptors (Lipinski definition) is 3. The third kappa shape index (κ3) is 2.42. The lowest BCUT2D eigenvalue weighted by molar-refractivity contribution is -0.124. The molecule has 0 bridgehead atoms. The fourth-order valence-corrected chi connectivity index (χ4v) is 2.13. The van der Waals surface area contributed by atoms with Crippen LogP contribution in [0.15, 0.2) is 24.3 Å². The lowest BCUT2D eigenvalue weighted by Crippen LogP contribution is -2.57. The minimum atomic E-state index is -0.462. The molecular weight excluding hydrogens is 216 g/mol. The number of aliphatic hydroxyl groups excluding tert-OH is 1. The summed E-state index contributed by atoms with van der Waals surface area (Å²) in [5, 5.41) is 12.1. The largest absolute Gasteiger partial charge is 0.394 e. The molecule has 4 heteroatoms. The van der Waals surface area contributed by atoms with Crippen LogP contribution in [-0.2, 0) is 11.2 Å². The van der Waals surface area contributed by atoms with Gasteiger partial charge in [-0.2, -0.15) is 0 Å². The summed E-state index contributed by atoms with van der Waals surface area (Å²) in [6.07, 6.45) is 1.00. The molecule has 0 saturated carbocycles. The number of anilines is 1. The molecule has 1 heterocycles. The lowest BCUT2D eigenvalue weighted by atomic mass is 10.1. The normalized spacial score (nSPS) is 20.2. The molecule has 1 aliphatic heterocycles. The summed E-state index contributed by atoms with van der Waals surface area (Å²) in [6, 6.07) is 7.70. The first kappa shape index (κ1) is 11.9. The number of piperazine rings is 1. The van der Waals surface area contributed by atoms with Crippen LogP contribution in [0, 0.1) is 0 Å². The van der Waals surface area contributed by atoms with Gasteiger partial charge in [-0.25, -0.2) is 0 Å². The average molecular weight is 234 g/mol. The number of aliphatic hydroxyl groups is 1. The van der Waals surface area contributed by atoms with E-state index in [0.29, 0.717) is 6.54 Å². The molecule has 1 aliphatic rings. The summed E-state index contributed by atoms with van der Waals surface area (Å²) >= 11 is 0. The topological polar surface area (TPSA) is 52.6 Å². The number of nitrogens with one attached hydrogen (secondary N) is 1. The van der Waals surface area contributed by atoms with E-state index < -0.39 is 6.04 Å². The van der Waals surface area contributed by atoms with Gasteiger partial charge in [0.25, 0.3) is 0 Å². The highest BCUT2D eigenvalue weighted by molar-refractivity contribution is 5.86. The number of benzene rings is 1. The fourth-order valence-electron chi connectivity index (χ4n) is 2.13. The molecule has 1 aromatic carbocycles. The van der Waals surface area contributed by atoms with Crippen LogP contribution in [0.25, 0.3) is 0 Å². The molecule has 0 aliphatic carbocycles. The number of carbonyl (C=O) groups is 1. The Kier molecular flexibility index (Phi) is 3.64. The molecule has 1 atom stereocenters. The number of carbonyl (C=O) groups excluding carboxylic acids is 1. The molecule has 17 heavy (non-hydrogen) atoms. The minimum Gasteiger partial charge on any atom is -0.394 e. The van der Waals surface area contributed by atoms with Gasteiger partial charge in [0.2, 0.25) is 5.91 Å². The highest BCUT2D eigenvalue weighted by atomic mass is 16.3. The van der Waals surface area contributed by atoms with Crippen LogP contribution in [0.2, 0.25) is 0 Å². The first-order chi connectivity index (χ1) is 8.26. The van der Waals surface area contributed by atoms with Crippen molar-refractivity contribution in [2.24, 2.45) is 0 Å². The minimum absolute atomic E-state index is 0.0988. The Bertz CT molecular complexity index is 389. The third-order valence-electron chi connectivity index (χ3n) is 3.18. The van der Waals surface area contributed by atoms with E-state index in [-0.39, 0.29) is 12.5 Å². The number of aryl methyl sites for hydroxylation is 1. The molecule has 2 rings (SSSR count). The van der Waals surface area contributed by atoms with E-state index in [1.54, 1.807) is 0 Å². The van der Waals surface area contributed by atoms with E-state index in [0.717, 1.165) is 18.7 Å². The Labute approximate surface area is 101 Å². The van der Waals surface area contributed by atoms with Gasteiger partial charge in [-0.1, -0.05) is 19.1 Å². The average Bonchev–Trinajstić information content (AvgIpc) is 2.38. The van der Waals surface area contributed by atoms with Crippen molar-refractivity contribution >= 4 is 11.6 Å². The van der Waals surface area contributed by atoms with Gasteiger partial charge in [-0.15, -0.1) is 0 Å². The van der Waals surface area contributed by atoms with Gasteiger partial charge < -0.3 is 15.3 Å². The van der Waals surface area contributed by atoms with Crippen molar-refractivity contribution in [2.45, 2.75) is 19.4 Å². The van der Waals surface area contributed by atoms with E-state index >= 15 is 0 Å². The van der Waals surface area contributed by atoms with Gasteiger partial charge in [0.1, 0.15) is 6.04 Å². The second-order valence-corrected chi connectivity index (χ2v) is 4.20. The molecule has 1 aromatic rings. The molecule has 0 spiro atoms. The molecule has 92 valence electrons. The van der Waals surface area contributed by atoms with Gasteiger partial charge in [0.05, 0.1) is 6.61 Å². The van der Waals surface area contributed by atoms with Crippen LogP contribution in [0.5, 0.6) is 0 Å². The van der Waals surface area contributed by atoms with Crippen molar-refractivity contribution in [3.05, 3.63) is 29.8 Å². The van der Waals surface area contributed by atoms with Crippen LogP contribution < -0.4 is 10.2 Å². The van der Waals surface area contributed by atoms with Gasteiger partial charge in [-0.3, -0.25) is 4.79 Å². The maximum absolute atomic E-state index is 11.6. The van der Waals surface area contributed by atoms with Crippen molar-refractivity contribution in [2.75, 3.05) is 24.6 Å². The molecule has 1 unspecified atom stereocenters. The molecule has 1 fully saturated rings. The quantitative estimate of drug-likeness (QED) is 0.803. The summed E-state index contributed by atoms with van der Waals surface area (Å²) in [7, 11) is 0. The van der Waals surface area contributed by atoms with E-state index in [1.807, 2.05) is 17.0 Å². The molecule has 0 aromatic heterocycles. The summed E-state index contributed by atoms with van der Waals surface area (Å²) in [5.41, 5.74) is 2.27. The van der Waals surface area contributed by atoms with Crippen LogP contribution >= 0.6 is 0 Å². The zero-order chi connectivity index (χ0) is 12.3. The van der Waals surface area contributed by atoms with E-state index in [4.69, 9.17) is 0 Å². The first-order valence-corrected chi connectivity index (χ1v) is 6.00. The molecular formula is C13H18N2O2. The molecule has 1 amide bonds. The van der Waals surface area contributed by atoms with Crippen molar-refractivity contribution in [1.82, 2.24) is 5.32 Å². The number of amides is 1. The zero-order valence-corrected chi connectivity index (χ0v) is 10.0. The molecule has 1 saturated heterocycles. The van der Waals surface area contributed by atoms with E-state index in [1.165, 1.54) is 5.56 Å². The van der Waals surface area contributed by atoms with Crippen molar-refractivity contribution < 1.29 is 9.90 Å². The first-order valence-electron chi connectivity index (χ1n) is 6.00. The predicted octanol–water partition coefficient (Wildman–Crippen LogP) is 0.546. The van der Waals surface area contributed by atoms with Gasteiger partial charge in [-0.05, 0) is 24.1 Å². The number of hydrogen-bond donors (Lipinski definition) is 2. The second-order valence-electron chi connectivity index (χ2n) is 4.20. The highest BCUT2D eigenvalue weighted by Gasteiger charge is 2.28. The van der Waals surface area contributed by atoms with Gasteiger partial charge >= 0.3 is 0 Å². The molecule has 4 nitrogen and oxygen atoms in total. The fraction of sp³-hybridized carbons (Fsp3) is 0.462. The summed E-state index contributed by atoms with van der Waals surface area (Å²) in [4.78, 5) is 13.6. The maximum Gasteiger partial charge on any atom is 0.245 e. The van der Waals surface area contributed by atoms with Gasteiger partial charge in [0.15, 0.2) is 0 Å². The van der Waals surface area contributed by atoms with Crippen LogP contribution in [0.3, 0.4) is 0 Å². The van der Waals surface area contributed by atoms with Crippen molar-refractivity contribution in [1.29, 1.82) is 0 Å². The Morgan fingerprint density at radius 3 is 2.71 bits per heavy atom. The predicted molar refractivity (Wildman–Crippen MR) is 67.0 cm³/mol. The highest BCUT2D eigenvalue weighted by Crippen LogP contribution is 2.19. The Balaban J connectivity index is 2.21. The number of rotatable bonds is 3. The van der Waals surface area contributed by atoms with Crippen LogP contribution in [0.1, 0.15) is 12.5 Å². The van der Waals surface area contributed by atoms with Crippen LogP contribution in [0.4, 0.5) is 5.69 Å². The van der Waals surface area contributed by atoms with Crippen molar-refractivity contribution in [3.8, 4) is 0 Å². The third-order valence-corrected chi connectivity index (χ3v) is 3.18. The Morgan fingerprint density at radius 1 is 1.41 bits per heavy atom. The second kappa shape index (κ2) is 5.19. The summed E-state index contributed by atoms with van der Waals surface area (Å²) in [6.45, 7) is 3.33. The van der Waals surface area contributed by atoms with E-state index in [9.17, 15) is 9.90 Å². The zero-order valence-electron chi connectivity index (χ0n) is 10.0. The van der Waals surface area contributed by atoms with Gasteiger partial charge in [0, 0.05) is 18.8 Å². The summed E-state index contributed by atoms with van der Waals surface area (Å²) in [5.74, 6) is -0.0988. The standard InChI is InChI=1S/C13H18N2O2/c1-2-10-3-5-11(6-4-10)15-8-7-14-13(17)12(15)9-16/h3-6,12,16H,2,7-9H2,1H3,(H,14,17). The van der Waals surface area contributed by atoms with E-state index in [2.05, 4.69) is 24.4 Å². The molecule has 2 N–H and O–H groups in total. The Hall–Kier alpha value is -1.55.